The molecule has 2 rings (SSSR count). The number of fused-ring (bicyclic) bond motifs is 1. The molecule has 1 amide bonds. The SMILES string of the molecule is C=CCN1Cc2ccc(N(CCC)CCC)cc2C1=O. The molecule has 1 heterocycles. The van der Waals surface area contributed by atoms with Crippen LogP contribution in [0.3, 0.4) is 0 Å². The first-order valence-electron chi connectivity index (χ1n) is 7.49. The Kier molecular flexibility index (Phi) is 4.83. The van der Waals surface area contributed by atoms with Crippen LogP contribution in [0.5, 0.6) is 0 Å². The van der Waals surface area contributed by atoms with Gasteiger partial charge in [-0.05, 0) is 30.5 Å². The summed E-state index contributed by atoms with van der Waals surface area (Å²) >= 11 is 0. The number of nitrogens with zero attached hydrogens (tertiary/aromatic N) is 2. The first-order valence-corrected chi connectivity index (χ1v) is 7.49. The average Bonchev–Trinajstić information content (AvgIpc) is 2.76. The van der Waals surface area contributed by atoms with Crippen molar-refractivity contribution >= 4 is 11.6 Å². The Morgan fingerprint density at radius 1 is 1.30 bits per heavy atom. The van der Waals surface area contributed by atoms with E-state index in [4.69, 9.17) is 0 Å². The van der Waals surface area contributed by atoms with Crippen molar-refractivity contribution in [1.29, 1.82) is 0 Å². The van der Waals surface area contributed by atoms with Crippen LogP contribution in [0.2, 0.25) is 0 Å². The van der Waals surface area contributed by atoms with Crippen molar-refractivity contribution in [2.45, 2.75) is 33.2 Å². The van der Waals surface area contributed by atoms with E-state index in [0.29, 0.717) is 13.1 Å². The van der Waals surface area contributed by atoms with Crippen LogP contribution in [0.1, 0.15) is 42.6 Å². The number of carbonyl (C=O) groups is 1. The van der Waals surface area contributed by atoms with Crippen LogP contribution in [-0.2, 0) is 6.54 Å². The van der Waals surface area contributed by atoms with Gasteiger partial charge in [0.25, 0.3) is 5.91 Å². The van der Waals surface area contributed by atoms with Crippen LogP contribution in [0, 0.1) is 0 Å². The molecule has 0 spiro atoms. The number of carbonyl (C=O) groups excluding carboxylic acids is 1. The minimum Gasteiger partial charge on any atom is -0.372 e. The van der Waals surface area contributed by atoms with E-state index in [2.05, 4.69) is 43.5 Å². The highest BCUT2D eigenvalue weighted by Crippen LogP contribution is 2.27. The predicted molar refractivity (Wildman–Crippen MR) is 84.2 cm³/mol. The molecule has 0 radical (unpaired) electrons. The molecule has 1 aromatic rings. The van der Waals surface area contributed by atoms with Gasteiger partial charge in [0.1, 0.15) is 0 Å². The summed E-state index contributed by atoms with van der Waals surface area (Å²) in [7, 11) is 0. The molecule has 1 aliphatic rings. The van der Waals surface area contributed by atoms with Crippen molar-refractivity contribution in [1.82, 2.24) is 4.90 Å². The lowest BCUT2D eigenvalue weighted by Crippen LogP contribution is -2.25. The number of anilines is 1. The van der Waals surface area contributed by atoms with Crippen molar-refractivity contribution in [3.8, 4) is 0 Å². The van der Waals surface area contributed by atoms with E-state index in [0.717, 1.165) is 37.1 Å². The normalized spacial score (nSPS) is 13.5. The molecule has 1 aliphatic heterocycles. The Morgan fingerprint density at radius 2 is 2.00 bits per heavy atom. The predicted octanol–water partition coefficient (Wildman–Crippen LogP) is 3.45. The summed E-state index contributed by atoms with van der Waals surface area (Å²) in [4.78, 5) is 16.5. The van der Waals surface area contributed by atoms with E-state index in [1.807, 2.05) is 4.90 Å². The van der Waals surface area contributed by atoms with Gasteiger partial charge in [-0.2, -0.15) is 0 Å². The number of hydrogen-bond acceptors (Lipinski definition) is 2. The molecule has 0 aliphatic carbocycles. The quantitative estimate of drug-likeness (QED) is 0.710. The molecular formula is C17H24N2O. The fourth-order valence-corrected chi connectivity index (χ4v) is 2.76. The molecule has 3 nitrogen and oxygen atoms in total. The summed E-state index contributed by atoms with van der Waals surface area (Å²) in [6.07, 6.45) is 4.02. The van der Waals surface area contributed by atoms with Gasteiger partial charge in [0.05, 0.1) is 0 Å². The molecule has 20 heavy (non-hydrogen) atoms. The molecule has 0 N–H and O–H groups in total. The molecule has 0 atom stereocenters. The third-order valence-corrected chi connectivity index (χ3v) is 3.67. The molecule has 0 aromatic heterocycles. The first-order chi connectivity index (χ1) is 9.71. The minimum absolute atomic E-state index is 0.134. The summed E-state index contributed by atoms with van der Waals surface area (Å²) in [5, 5.41) is 0. The second-order valence-corrected chi connectivity index (χ2v) is 5.30. The number of rotatable bonds is 7. The van der Waals surface area contributed by atoms with Crippen LogP contribution in [0.25, 0.3) is 0 Å². The molecule has 0 fully saturated rings. The third-order valence-electron chi connectivity index (χ3n) is 3.67. The Hall–Kier alpha value is -1.77. The number of amides is 1. The number of benzene rings is 1. The Bertz CT molecular complexity index is 490. The van der Waals surface area contributed by atoms with Gasteiger partial charge in [-0.25, -0.2) is 0 Å². The largest absolute Gasteiger partial charge is 0.372 e. The van der Waals surface area contributed by atoms with E-state index in [-0.39, 0.29) is 5.91 Å². The summed E-state index contributed by atoms with van der Waals surface area (Å²) < 4.78 is 0. The fourth-order valence-electron chi connectivity index (χ4n) is 2.76. The minimum atomic E-state index is 0.134. The highest BCUT2D eigenvalue weighted by Gasteiger charge is 2.26. The zero-order valence-corrected chi connectivity index (χ0v) is 12.6. The maximum Gasteiger partial charge on any atom is 0.254 e. The van der Waals surface area contributed by atoms with Crippen molar-refractivity contribution < 1.29 is 4.79 Å². The summed E-state index contributed by atoms with van der Waals surface area (Å²) in [5.41, 5.74) is 3.16. The van der Waals surface area contributed by atoms with E-state index < -0.39 is 0 Å². The lowest BCUT2D eigenvalue weighted by molar-refractivity contribution is 0.0796. The van der Waals surface area contributed by atoms with Gasteiger partial charge in [-0.1, -0.05) is 26.0 Å². The van der Waals surface area contributed by atoms with Gasteiger partial charge in [-0.15, -0.1) is 6.58 Å². The van der Waals surface area contributed by atoms with Crippen molar-refractivity contribution in [2.75, 3.05) is 24.5 Å². The molecule has 0 saturated heterocycles. The van der Waals surface area contributed by atoms with Gasteiger partial charge in [-0.3, -0.25) is 4.79 Å². The topological polar surface area (TPSA) is 23.6 Å². The lowest BCUT2D eigenvalue weighted by Gasteiger charge is -2.24. The molecule has 3 heteroatoms. The average molecular weight is 272 g/mol. The molecule has 108 valence electrons. The Balaban J connectivity index is 2.24. The van der Waals surface area contributed by atoms with E-state index >= 15 is 0 Å². The molecular weight excluding hydrogens is 248 g/mol. The molecule has 0 saturated carbocycles. The molecule has 0 unspecified atom stereocenters. The molecule has 1 aromatic carbocycles. The first kappa shape index (κ1) is 14.6. The van der Waals surface area contributed by atoms with E-state index in [1.54, 1.807) is 6.08 Å². The summed E-state index contributed by atoms with van der Waals surface area (Å²) in [6, 6.07) is 6.31. The third kappa shape index (κ3) is 2.87. The van der Waals surface area contributed by atoms with Crippen molar-refractivity contribution in [3.05, 3.63) is 42.0 Å². The van der Waals surface area contributed by atoms with Crippen molar-refractivity contribution in [2.24, 2.45) is 0 Å². The van der Waals surface area contributed by atoms with Crippen LogP contribution < -0.4 is 4.90 Å². The van der Waals surface area contributed by atoms with Crippen LogP contribution in [0.4, 0.5) is 5.69 Å². The van der Waals surface area contributed by atoms with Crippen LogP contribution in [0.15, 0.2) is 30.9 Å². The maximum absolute atomic E-state index is 12.3. The second-order valence-electron chi connectivity index (χ2n) is 5.30. The van der Waals surface area contributed by atoms with E-state index in [1.165, 1.54) is 5.69 Å². The highest BCUT2D eigenvalue weighted by molar-refractivity contribution is 5.99. The maximum atomic E-state index is 12.3. The zero-order valence-electron chi connectivity index (χ0n) is 12.6. The van der Waals surface area contributed by atoms with Gasteiger partial charge in [0.2, 0.25) is 0 Å². The summed E-state index contributed by atoms with van der Waals surface area (Å²) in [5.74, 6) is 0.134. The van der Waals surface area contributed by atoms with Gasteiger partial charge in [0.15, 0.2) is 0 Å². The van der Waals surface area contributed by atoms with Gasteiger partial charge in [0, 0.05) is 37.4 Å². The van der Waals surface area contributed by atoms with Crippen molar-refractivity contribution in [3.63, 3.8) is 0 Å². The fraction of sp³-hybridized carbons (Fsp3) is 0.471. The van der Waals surface area contributed by atoms with Gasteiger partial charge >= 0.3 is 0 Å². The number of hydrogen-bond donors (Lipinski definition) is 0. The monoisotopic (exact) mass is 272 g/mol. The highest BCUT2D eigenvalue weighted by atomic mass is 16.2. The van der Waals surface area contributed by atoms with Crippen LogP contribution >= 0.6 is 0 Å². The van der Waals surface area contributed by atoms with E-state index in [9.17, 15) is 4.79 Å². The zero-order chi connectivity index (χ0) is 14.5. The summed E-state index contributed by atoms with van der Waals surface area (Å²) in [6.45, 7) is 11.5. The van der Waals surface area contributed by atoms with Crippen LogP contribution in [-0.4, -0.2) is 30.4 Å². The standard InChI is InChI=1S/C17H24N2O/c1-4-9-18(10-5-2)15-8-7-14-13-19(11-6-3)17(20)16(14)12-15/h6-8,12H,3-5,9-11,13H2,1-2H3. The second kappa shape index (κ2) is 6.60. The molecule has 0 bridgehead atoms. The Morgan fingerprint density at radius 3 is 2.60 bits per heavy atom. The lowest BCUT2D eigenvalue weighted by atomic mass is 10.1. The Labute approximate surface area is 121 Å². The smallest absolute Gasteiger partial charge is 0.254 e. The van der Waals surface area contributed by atoms with Gasteiger partial charge < -0.3 is 9.80 Å².